The highest BCUT2D eigenvalue weighted by Gasteiger charge is 2.37. The largest absolute Gasteiger partial charge is 0.497 e. The Kier molecular flexibility index (Phi) is 4.93. The van der Waals surface area contributed by atoms with Crippen LogP contribution in [-0.2, 0) is 4.84 Å². The summed E-state index contributed by atoms with van der Waals surface area (Å²) in [6.07, 6.45) is 4.41. The number of nitrogens with zero attached hydrogens (tertiary/aromatic N) is 2. The fourth-order valence-corrected chi connectivity index (χ4v) is 4.13. The summed E-state index contributed by atoms with van der Waals surface area (Å²) in [6.45, 7) is 0. The van der Waals surface area contributed by atoms with E-state index in [1.165, 1.54) is 18.6 Å². The molecule has 2 fully saturated rings. The molecule has 4 heteroatoms. The van der Waals surface area contributed by atoms with Crippen molar-refractivity contribution in [2.45, 2.75) is 43.9 Å². The minimum absolute atomic E-state index is 0.202. The van der Waals surface area contributed by atoms with Crippen LogP contribution in [0.4, 0.5) is 0 Å². The van der Waals surface area contributed by atoms with Crippen LogP contribution in [0.1, 0.15) is 42.9 Å². The first-order valence-electron chi connectivity index (χ1n) is 9.37. The van der Waals surface area contributed by atoms with E-state index in [9.17, 15) is 0 Å². The predicted molar refractivity (Wildman–Crippen MR) is 104 cm³/mol. The maximum atomic E-state index is 6.12. The number of ether oxygens (including phenoxy) is 1. The maximum absolute atomic E-state index is 6.12. The Bertz CT molecular complexity index is 741. The average molecular weight is 350 g/mol. The van der Waals surface area contributed by atoms with Crippen molar-refractivity contribution >= 4 is 5.71 Å². The molecule has 136 valence electrons. The summed E-state index contributed by atoms with van der Waals surface area (Å²) < 4.78 is 5.28. The SMILES string of the molecule is COc1ccc(C(ON=C2CC3CCC(C2)N3C)c2ccccc2)cc1. The zero-order valence-corrected chi connectivity index (χ0v) is 15.5. The van der Waals surface area contributed by atoms with Gasteiger partial charge in [0.05, 0.1) is 12.8 Å². The first-order valence-corrected chi connectivity index (χ1v) is 9.37. The third kappa shape index (κ3) is 3.47. The second-order valence-corrected chi connectivity index (χ2v) is 7.29. The first kappa shape index (κ1) is 17.1. The van der Waals surface area contributed by atoms with E-state index in [4.69, 9.17) is 9.57 Å². The van der Waals surface area contributed by atoms with Gasteiger partial charge in [-0.15, -0.1) is 0 Å². The van der Waals surface area contributed by atoms with Crippen LogP contribution in [0.25, 0.3) is 0 Å². The summed E-state index contributed by atoms with van der Waals surface area (Å²) in [5, 5.41) is 4.61. The quantitative estimate of drug-likeness (QED) is 0.749. The minimum atomic E-state index is -0.202. The highest BCUT2D eigenvalue weighted by atomic mass is 16.6. The molecule has 2 aromatic rings. The van der Waals surface area contributed by atoms with E-state index in [1.54, 1.807) is 7.11 Å². The maximum Gasteiger partial charge on any atom is 0.177 e. The van der Waals surface area contributed by atoms with Crippen LogP contribution < -0.4 is 4.74 Å². The van der Waals surface area contributed by atoms with Gasteiger partial charge in [0, 0.05) is 24.9 Å². The third-order valence-electron chi connectivity index (χ3n) is 5.74. The molecule has 0 aromatic heterocycles. The van der Waals surface area contributed by atoms with Crippen molar-refractivity contribution in [3.63, 3.8) is 0 Å². The number of fused-ring (bicyclic) bond motifs is 2. The van der Waals surface area contributed by atoms with Gasteiger partial charge in [-0.05, 0) is 43.1 Å². The number of piperidine rings is 1. The molecular weight excluding hydrogens is 324 g/mol. The molecule has 2 aliphatic heterocycles. The summed E-state index contributed by atoms with van der Waals surface area (Å²) in [4.78, 5) is 8.63. The number of benzene rings is 2. The third-order valence-corrected chi connectivity index (χ3v) is 5.74. The molecule has 4 nitrogen and oxygen atoms in total. The Balaban J connectivity index is 1.56. The van der Waals surface area contributed by atoms with E-state index >= 15 is 0 Å². The Morgan fingerprint density at radius 2 is 1.54 bits per heavy atom. The summed E-state index contributed by atoms with van der Waals surface area (Å²) in [6, 6.07) is 19.6. The predicted octanol–water partition coefficient (Wildman–Crippen LogP) is 4.41. The molecule has 3 atom stereocenters. The normalized spacial score (nSPS) is 23.5. The molecule has 2 heterocycles. The molecular formula is C22H26N2O2. The Hall–Kier alpha value is -2.33. The van der Waals surface area contributed by atoms with Gasteiger partial charge in [0.1, 0.15) is 5.75 Å². The molecule has 4 rings (SSSR count). The molecule has 0 saturated carbocycles. The van der Waals surface area contributed by atoms with E-state index in [2.05, 4.69) is 41.4 Å². The molecule has 2 aromatic carbocycles. The number of hydrogen-bond donors (Lipinski definition) is 0. The summed E-state index contributed by atoms with van der Waals surface area (Å²) in [7, 11) is 3.92. The van der Waals surface area contributed by atoms with Gasteiger partial charge in [0.15, 0.2) is 6.10 Å². The fourth-order valence-electron chi connectivity index (χ4n) is 4.13. The Labute approximate surface area is 155 Å². The van der Waals surface area contributed by atoms with Crippen LogP contribution in [0, 0.1) is 0 Å². The molecule has 26 heavy (non-hydrogen) atoms. The summed E-state index contributed by atoms with van der Waals surface area (Å²) >= 11 is 0. The van der Waals surface area contributed by atoms with Crippen LogP contribution in [0.2, 0.25) is 0 Å². The molecule has 0 amide bonds. The first-order chi connectivity index (χ1) is 12.7. The Morgan fingerprint density at radius 1 is 0.923 bits per heavy atom. The van der Waals surface area contributed by atoms with Gasteiger partial charge in [-0.2, -0.15) is 0 Å². The topological polar surface area (TPSA) is 34.1 Å². The minimum Gasteiger partial charge on any atom is -0.497 e. The van der Waals surface area contributed by atoms with Gasteiger partial charge >= 0.3 is 0 Å². The van der Waals surface area contributed by atoms with Crippen LogP contribution in [-0.4, -0.2) is 36.9 Å². The van der Waals surface area contributed by atoms with Crippen molar-refractivity contribution in [3.05, 3.63) is 65.7 Å². The molecule has 0 radical (unpaired) electrons. The number of oxime groups is 1. The van der Waals surface area contributed by atoms with Crippen molar-refractivity contribution in [1.29, 1.82) is 0 Å². The molecule has 2 bridgehead atoms. The van der Waals surface area contributed by atoms with Crippen molar-refractivity contribution in [2.75, 3.05) is 14.2 Å². The van der Waals surface area contributed by atoms with E-state index in [1.807, 2.05) is 30.3 Å². The molecule has 0 aliphatic carbocycles. The van der Waals surface area contributed by atoms with E-state index in [0.717, 1.165) is 29.7 Å². The molecule has 2 aliphatic rings. The van der Waals surface area contributed by atoms with Gasteiger partial charge < -0.3 is 9.57 Å². The molecule has 0 N–H and O–H groups in total. The van der Waals surface area contributed by atoms with Gasteiger partial charge in [0.25, 0.3) is 0 Å². The van der Waals surface area contributed by atoms with E-state index < -0.39 is 0 Å². The number of methoxy groups -OCH3 is 1. The standard InChI is InChI=1S/C22H26N2O2/c1-24-19-10-11-20(24)15-18(14-19)23-26-22(16-6-4-3-5-7-16)17-8-12-21(25-2)13-9-17/h3-9,12-13,19-20,22H,10-11,14-15H2,1-2H3. The van der Waals surface area contributed by atoms with Crippen LogP contribution >= 0.6 is 0 Å². The second-order valence-electron chi connectivity index (χ2n) is 7.29. The van der Waals surface area contributed by atoms with Gasteiger partial charge in [-0.25, -0.2) is 0 Å². The zero-order valence-electron chi connectivity index (χ0n) is 15.5. The van der Waals surface area contributed by atoms with Crippen LogP contribution in [0.3, 0.4) is 0 Å². The highest BCUT2D eigenvalue weighted by molar-refractivity contribution is 5.86. The van der Waals surface area contributed by atoms with Gasteiger partial charge in [-0.1, -0.05) is 47.6 Å². The van der Waals surface area contributed by atoms with Crippen LogP contribution in [0.5, 0.6) is 5.75 Å². The van der Waals surface area contributed by atoms with Crippen molar-refractivity contribution in [1.82, 2.24) is 4.90 Å². The zero-order chi connectivity index (χ0) is 17.9. The lowest BCUT2D eigenvalue weighted by Crippen LogP contribution is -2.40. The number of rotatable bonds is 5. The fraction of sp³-hybridized carbons (Fsp3) is 0.409. The van der Waals surface area contributed by atoms with Gasteiger partial charge in [0.2, 0.25) is 0 Å². The second kappa shape index (κ2) is 7.50. The van der Waals surface area contributed by atoms with Crippen molar-refractivity contribution in [3.8, 4) is 5.75 Å². The lowest BCUT2D eigenvalue weighted by molar-refractivity contribution is 0.0839. The Morgan fingerprint density at radius 3 is 2.15 bits per heavy atom. The molecule has 3 unspecified atom stereocenters. The summed E-state index contributed by atoms with van der Waals surface area (Å²) in [5.41, 5.74) is 3.39. The van der Waals surface area contributed by atoms with Crippen molar-refractivity contribution < 1.29 is 9.57 Å². The highest BCUT2D eigenvalue weighted by Crippen LogP contribution is 2.34. The monoisotopic (exact) mass is 350 g/mol. The smallest absolute Gasteiger partial charge is 0.177 e. The lowest BCUT2D eigenvalue weighted by Gasteiger charge is -2.31. The van der Waals surface area contributed by atoms with E-state index in [0.29, 0.717) is 12.1 Å². The summed E-state index contributed by atoms with van der Waals surface area (Å²) in [5.74, 6) is 0.846. The van der Waals surface area contributed by atoms with Crippen molar-refractivity contribution in [2.24, 2.45) is 5.16 Å². The van der Waals surface area contributed by atoms with Crippen LogP contribution in [0.15, 0.2) is 59.8 Å². The number of hydrogen-bond acceptors (Lipinski definition) is 4. The molecule has 2 saturated heterocycles. The van der Waals surface area contributed by atoms with Gasteiger partial charge in [-0.3, -0.25) is 4.90 Å². The molecule has 0 spiro atoms. The average Bonchev–Trinajstić information content (AvgIpc) is 2.90. The van der Waals surface area contributed by atoms with E-state index in [-0.39, 0.29) is 6.10 Å². The lowest BCUT2D eigenvalue weighted by atomic mass is 10.0.